The van der Waals surface area contributed by atoms with Crippen molar-refractivity contribution in [3.8, 4) is 5.95 Å². The maximum Gasteiger partial charge on any atom is 0.242 e. The molecule has 0 atom stereocenters. The van der Waals surface area contributed by atoms with Gasteiger partial charge in [0.1, 0.15) is 12.2 Å². The largest absolute Gasteiger partial charge is 0.378 e. The number of nitrogens with zero attached hydrogens (tertiary/aromatic N) is 9. The van der Waals surface area contributed by atoms with Gasteiger partial charge in [-0.05, 0) is 19.1 Å². The molecule has 1 saturated heterocycles. The molecule has 0 saturated carbocycles. The molecule has 10 heteroatoms. The summed E-state index contributed by atoms with van der Waals surface area (Å²) >= 11 is 0. The smallest absolute Gasteiger partial charge is 0.242 e. The lowest BCUT2D eigenvalue weighted by molar-refractivity contribution is 0.122. The van der Waals surface area contributed by atoms with Crippen LogP contribution in [0.5, 0.6) is 0 Å². The molecule has 0 unspecified atom stereocenters. The summed E-state index contributed by atoms with van der Waals surface area (Å²) in [6, 6.07) is 7.96. The number of imidazole rings is 1. The SMILES string of the molecule is Cc1nc2ccccc2n1-c1nc(N2CCOCC2)nc(N(C)c2cncnc2)n1. The van der Waals surface area contributed by atoms with Gasteiger partial charge in [0.15, 0.2) is 0 Å². The minimum Gasteiger partial charge on any atom is -0.378 e. The molecule has 4 heterocycles. The molecule has 5 rings (SSSR count). The lowest BCUT2D eigenvalue weighted by atomic mass is 10.3. The predicted molar refractivity (Wildman–Crippen MR) is 112 cm³/mol. The highest BCUT2D eigenvalue weighted by Gasteiger charge is 2.21. The number of ether oxygens (including phenoxy) is 1. The van der Waals surface area contributed by atoms with Gasteiger partial charge in [-0.15, -0.1) is 0 Å². The summed E-state index contributed by atoms with van der Waals surface area (Å²) in [5.41, 5.74) is 2.63. The summed E-state index contributed by atoms with van der Waals surface area (Å²) in [7, 11) is 1.89. The van der Waals surface area contributed by atoms with Crippen LogP contribution in [0.3, 0.4) is 0 Å². The van der Waals surface area contributed by atoms with Crippen LogP contribution in [-0.2, 0) is 4.74 Å². The molecular weight excluding hydrogens is 382 g/mol. The normalized spacial score (nSPS) is 14.3. The van der Waals surface area contributed by atoms with Crippen LogP contribution in [-0.4, -0.2) is 67.8 Å². The minimum absolute atomic E-state index is 0.508. The number of fused-ring (bicyclic) bond motifs is 1. The van der Waals surface area contributed by atoms with Crippen molar-refractivity contribution in [1.29, 1.82) is 0 Å². The first kappa shape index (κ1) is 18.4. The summed E-state index contributed by atoms with van der Waals surface area (Å²) < 4.78 is 7.45. The molecule has 0 spiro atoms. The number of aromatic nitrogens is 7. The van der Waals surface area contributed by atoms with Crippen molar-refractivity contribution in [2.75, 3.05) is 43.2 Å². The number of hydrogen-bond donors (Lipinski definition) is 0. The molecule has 0 amide bonds. The van der Waals surface area contributed by atoms with E-state index in [-0.39, 0.29) is 0 Å². The van der Waals surface area contributed by atoms with Crippen molar-refractivity contribution in [3.05, 3.63) is 48.8 Å². The number of hydrogen-bond acceptors (Lipinski definition) is 9. The van der Waals surface area contributed by atoms with Gasteiger partial charge >= 0.3 is 0 Å². The Kier molecular flexibility index (Phi) is 4.68. The molecule has 1 fully saturated rings. The van der Waals surface area contributed by atoms with Crippen molar-refractivity contribution in [2.24, 2.45) is 0 Å². The minimum atomic E-state index is 0.508. The third-order valence-electron chi connectivity index (χ3n) is 5.06. The molecular formula is C20H21N9O. The lowest BCUT2D eigenvalue weighted by Crippen LogP contribution is -2.38. The van der Waals surface area contributed by atoms with E-state index in [4.69, 9.17) is 19.7 Å². The fourth-order valence-electron chi connectivity index (χ4n) is 3.48. The topological polar surface area (TPSA) is 98.0 Å². The van der Waals surface area contributed by atoms with Gasteiger partial charge in [-0.1, -0.05) is 12.1 Å². The van der Waals surface area contributed by atoms with E-state index >= 15 is 0 Å². The monoisotopic (exact) mass is 403 g/mol. The van der Waals surface area contributed by atoms with Crippen molar-refractivity contribution < 1.29 is 4.74 Å². The van der Waals surface area contributed by atoms with Gasteiger partial charge in [-0.25, -0.2) is 15.0 Å². The number of anilines is 3. The zero-order valence-corrected chi connectivity index (χ0v) is 16.8. The molecule has 0 radical (unpaired) electrons. The second-order valence-electron chi connectivity index (χ2n) is 6.97. The molecule has 1 aromatic carbocycles. The Bertz CT molecular complexity index is 1170. The third kappa shape index (κ3) is 3.30. The molecule has 0 aliphatic carbocycles. The van der Waals surface area contributed by atoms with Gasteiger partial charge in [-0.3, -0.25) is 4.57 Å². The number of rotatable bonds is 4. The number of aryl methyl sites for hydroxylation is 1. The number of morpholine rings is 1. The van der Waals surface area contributed by atoms with E-state index in [0.717, 1.165) is 35.6 Å². The van der Waals surface area contributed by atoms with E-state index < -0.39 is 0 Å². The Balaban J connectivity index is 1.67. The predicted octanol–water partition coefficient (Wildman–Crippen LogP) is 1.91. The van der Waals surface area contributed by atoms with Crippen molar-refractivity contribution in [2.45, 2.75) is 6.92 Å². The second kappa shape index (κ2) is 7.64. The molecule has 152 valence electrons. The standard InChI is InChI=1S/C20H21N9O/c1-14-23-16-5-3-4-6-17(16)29(14)20-25-18(27(2)15-11-21-13-22-12-15)24-19(26-20)28-7-9-30-10-8-28/h3-6,11-13H,7-10H2,1-2H3. The van der Waals surface area contributed by atoms with Gasteiger partial charge in [0.25, 0.3) is 0 Å². The quantitative estimate of drug-likeness (QED) is 0.506. The van der Waals surface area contributed by atoms with E-state index in [9.17, 15) is 0 Å². The van der Waals surface area contributed by atoms with Crippen molar-refractivity contribution in [3.63, 3.8) is 0 Å². The molecule has 1 aliphatic heterocycles. The van der Waals surface area contributed by atoms with Crippen LogP contribution in [0.4, 0.5) is 17.6 Å². The maximum absolute atomic E-state index is 5.49. The van der Waals surface area contributed by atoms with Crippen molar-refractivity contribution >= 4 is 28.6 Å². The first-order chi connectivity index (χ1) is 14.7. The molecule has 1 aliphatic rings. The van der Waals surface area contributed by atoms with Crippen molar-refractivity contribution in [1.82, 2.24) is 34.5 Å². The van der Waals surface area contributed by atoms with Crippen LogP contribution < -0.4 is 9.80 Å². The molecule has 4 aromatic rings. The van der Waals surface area contributed by atoms with Crippen LogP contribution >= 0.6 is 0 Å². The van der Waals surface area contributed by atoms with Crippen LogP contribution in [0.1, 0.15) is 5.82 Å². The summed E-state index contributed by atoms with van der Waals surface area (Å²) in [6.45, 7) is 4.69. The van der Waals surface area contributed by atoms with Crippen LogP contribution in [0.2, 0.25) is 0 Å². The maximum atomic E-state index is 5.49. The summed E-state index contributed by atoms with van der Waals surface area (Å²) in [6.07, 6.45) is 4.95. The van der Waals surface area contributed by atoms with Gasteiger partial charge < -0.3 is 14.5 Å². The van der Waals surface area contributed by atoms with Gasteiger partial charge in [0.2, 0.25) is 17.8 Å². The highest BCUT2D eigenvalue weighted by molar-refractivity contribution is 5.77. The lowest BCUT2D eigenvalue weighted by Gasteiger charge is -2.28. The van der Waals surface area contributed by atoms with E-state index in [1.54, 1.807) is 12.4 Å². The average molecular weight is 403 g/mol. The van der Waals surface area contributed by atoms with E-state index in [2.05, 4.69) is 19.9 Å². The van der Waals surface area contributed by atoms with Crippen LogP contribution in [0.25, 0.3) is 17.0 Å². The zero-order chi connectivity index (χ0) is 20.5. The highest BCUT2D eigenvalue weighted by Crippen LogP contribution is 2.25. The molecule has 0 N–H and O–H groups in total. The molecule has 10 nitrogen and oxygen atoms in total. The fraction of sp³-hybridized carbons (Fsp3) is 0.300. The van der Waals surface area contributed by atoms with E-state index in [0.29, 0.717) is 31.1 Å². The second-order valence-corrected chi connectivity index (χ2v) is 6.97. The zero-order valence-electron chi connectivity index (χ0n) is 16.8. The Morgan fingerprint density at radius 3 is 2.47 bits per heavy atom. The molecule has 3 aromatic heterocycles. The van der Waals surface area contributed by atoms with E-state index in [1.807, 2.05) is 47.7 Å². The molecule has 30 heavy (non-hydrogen) atoms. The van der Waals surface area contributed by atoms with Gasteiger partial charge in [-0.2, -0.15) is 15.0 Å². The Hall–Kier alpha value is -3.66. The Labute approximate surface area is 173 Å². The fourth-order valence-corrected chi connectivity index (χ4v) is 3.48. The van der Waals surface area contributed by atoms with Gasteiger partial charge in [0, 0.05) is 20.1 Å². The van der Waals surface area contributed by atoms with Crippen LogP contribution in [0, 0.1) is 6.92 Å². The summed E-state index contributed by atoms with van der Waals surface area (Å²) in [5, 5.41) is 0. The first-order valence-corrected chi connectivity index (χ1v) is 9.73. The van der Waals surface area contributed by atoms with Crippen LogP contribution in [0.15, 0.2) is 43.0 Å². The highest BCUT2D eigenvalue weighted by atomic mass is 16.5. The third-order valence-corrected chi connectivity index (χ3v) is 5.06. The molecule has 0 bridgehead atoms. The summed E-state index contributed by atoms with van der Waals surface area (Å²) in [4.78, 5) is 31.1. The average Bonchev–Trinajstić information content (AvgIpc) is 3.15. The first-order valence-electron chi connectivity index (χ1n) is 9.73. The Morgan fingerprint density at radius 2 is 1.67 bits per heavy atom. The number of benzene rings is 1. The summed E-state index contributed by atoms with van der Waals surface area (Å²) in [5.74, 6) is 2.45. The van der Waals surface area contributed by atoms with E-state index in [1.165, 1.54) is 6.33 Å². The number of para-hydroxylation sites is 2. The Morgan fingerprint density at radius 1 is 0.933 bits per heavy atom. The van der Waals surface area contributed by atoms with Gasteiger partial charge in [0.05, 0.1) is 42.3 Å².